The van der Waals surface area contributed by atoms with Gasteiger partial charge in [0.05, 0.1) is 5.56 Å². The van der Waals surface area contributed by atoms with Crippen LogP contribution in [0.2, 0.25) is 0 Å². The standard InChI is InChI=1S/C11H14BrN2/c1-4-8-6-7(3)10(12)9(5-2)11(8)14-13/h6H,4-5H2,1-3H3/q+1. The molecule has 0 spiro atoms. The fraction of sp³-hybridized carbons (Fsp3) is 0.455. The van der Waals surface area contributed by atoms with Crippen molar-refractivity contribution < 1.29 is 0 Å². The minimum atomic E-state index is 0.729. The summed E-state index contributed by atoms with van der Waals surface area (Å²) in [4.78, 5) is 3.38. The Kier molecular flexibility index (Phi) is 3.65. The highest BCUT2D eigenvalue weighted by Gasteiger charge is 2.21. The predicted molar refractivity (Wildman–Crippen MR) is 62.4 cm³/mol. The van der Waals surface area contributed by atoms with E-state index in [1.807, 2.05) is 0 Å². The molecule has 0 fully saturated rings. The number of hydrogen-bond acceptors (Lipinski definition) is 1. The number of halogens is 1. The molecule has 0 amide bonds. The minimum Gasteiger partial charge on any atom is -0.0610 e. The number of hydrogen-bond donors (Lipinski definition) is 0. The molecular weight excluding hydrogens is 240 g/mol. The van der Waals surface area contributed by atoms with Crippen molar-refractivity contribution >= 4 is 21.6 Å². The van der Waals surface area contributed by atoms with Crippen LogP contribution in [0, 0.1) is 12.3 Å². The molecule has 0 saturated heterocycles. The molecule has 0 unspecified atom stereocenters. The van der Waals surface area contributed by atoms with Crippen molar-refractivity contribution in [1.29, 1.82) is 5.39 Å². The molecule has 0 N–H and O–H groups in total. The van der Waals surface area contributed by atoms with Crippen LogP contribution in [0.5, 0.6) is 0 Å². The van der Waals surface area contributed by atoms with Gasteiger partial charge in [-0.05, 0) is 47.3 Å². The van der Waals surface area contributed by atoms with Gasteiger partial charge >= 0.3 is 5.69 Å². The van der Waals surface area contributed by atoms with Crippen molar-refractivity contribution in [2.24, 2.45) is 0 Å². The Labute approximate surface area is 93.1 Å². The molecule has 1 aromatic carbocycles. The molecular formula is C11H14BrN2+. The van der Waals surface area contributed by atoms with Gasteiger partial charge in [-0.25, -0.2) is 0 Å². The number of benzene rings is 1. The quantitative estimate of drug-likeness (QED) is 0.720. The second-order valence-electron chi connectivity index (χ2n) is 3.30. The van der Waals surface area contributed by atoms with Crippen molar-refractivity contribution in [3.05, 3.63) is 32.2 Å². The fourth-order valence-corrected chi connectivity index (χ4v) is 2.23. The van der Waals surface area contributed by atoms with Gasteiger partial charge in [0.2, 0.25) is 5.39 Å². The molecule has 3 heteroatoms. The lowest BCUT2D eigenvalue weighted by atomic mass is 10.0. The Balaban J connectivity index is 3.52. The smallest absolute Gasteiger partial charge is 0.0610 e. The van der Waals surface area contributed by atoms with Crippen LogP contribution < -0.4 is 0 Å². The summed E-state index contributed by atoms with van der Waals surface area (Å²) in [6.07, 6.45) is 1.76. The van der Waals surface area contributed by atoms with Gasteiger partial charge in [-0.2, -0.15) is 0 Å². The topological polar surface area (TPSA) is 28.1 Å². The lowest BCUT2D eigenvalue weighted by molar-refractivity contribution is 1.07. The van der Waals surface area contributed by atoms with Crippen LogP contribution in [0.3, 0.4) is 0 Å². The first-order valence-electron chi connectivity index (χ1n) is 4.81. The van der Waals surface area contributed by atoms with Gasteiger partial charge in [0, 0.05) is 10.0 Å². The van der Waals surface area contributed by atoms with Crippen molar-refractivity contribution in [3.63, 3.8) is 0 Å². The second-order valence-corrected chi connectivity index (χ2v) is 4.09. The molecule has 0 aliphatic heterocycles. The molecule has 0 heterocycles. The first-order valence-corrected chi connectivity index (χ1v) is 5.60. The zero-order chi connectivity index (χ0) is 10.7. The van der Waals surface area contributed by atoms with Crippen LogP contribution in [0.15, 0.2) is 10.5 Å². The molecule has 0 atom stereocenters. The fourth-order valence-electron chi connectivity index (χ4n) is 1.65. The van der Waals surface area contributed by atoms with E-state index in [4.69, 9.17) is 5.39 Å². The van der Waals surface area contributed by atoms with Crippen LogP contribution in [0.1, 0.15) is 30.5 Å². The van der Waals surface area contributed by atoms with Gasteiger partial charge in [0.15, 0.2) is 4.98 Å². The SMILES string of the molecule is CCc1cc(C)c(Br)c(CC)c1[N+]#N. The summed E-state index contributed by atoms with van der Waals surface area (Å²) in [6.45, 7) is 6.19. The Hall–Kier alpha value is -0.880. The Morgan fingerprint density at radius 2 is 2.00 bits per heavy atom. The number of aryl methyl sites for hydroxylation is 2. The van der Waals surface area contributed by atoms with E-state index in [9.17, 15) is 0 Å². The predicted octanol–water partition coefficient (Wildman–Crippen LogP) is 4.37. The van der Waals surface area contributed by atoms with Crippen LogP contribution >= 0.6 is 15.9 Å². The normalized spacial score (nSPS) is 9.93. The molecule has 0 aromatic heterocycles. The molecule has 74 valence electrons. The van der Waals surface area contributed by atoms with Gasteiger partial charge in [0.1, 0.15) is 0 Å². The van der Waals surface area contributed by atoms with Crippen molar-refractivity contribution in [1.82, 2.24) is 0 Å². The van der Waals surface area contributed by atoms with Gasteiger partial charge < -0.3 is 0 Å². The third kappa shape index (κ3) is 1.80. The highest BCUT2D eigenvalue weighted by Crippen LogP contribution is 2.34. The number of rotatable bonds is 2. The summed E-state index contributed by atoms with van der Waals surface area (Å²) in [7, 11) is 0. The summed E-state index contributed by atoms with van der Waals surface area (Å²) >= 11 is 3.52. The molecule has 14 heavy (non-hydrogen) atoms. The van der Waals surface area contributed by atoms with E-state index in [1.165, 1.54) is 5.56 Å². The van der Waals surface area contributed by atoms with E-state index in [1.54, 1.807) is 0 Å². The van der Waals surface area contributed by atoms with E-state index in [2.05, 4.69) is 47.7 Å². The monoisotopic (exact) mass is 253 g/mol. The van der Waals surface area contributed by atoms with Crippen LogP contribution in [-0.2, 0) is 12.8 Å². The van der Waals surface area contributed by atoms with E-state index < -0.39 is 0 Å². The molecule has 1 rings (SSSR count). The first-order chi connectivity index (χ1) is 6.65. The van der Waals surface area contributed by atoms with E-state index in [-0.39, 0.29) is 0 Å². The van der Waals surface area contributed by atoms with Crippen molar-refractivity contribution in [3.8, 4) is 0 Å². The number of diazo groups is 1. The molecule has 0 radical (unpaired) electrons. The van der Waals surface area contributed by atoms with Crippen LogP contribution in [0.4, 0.5) is 5.69 Å². The van der Waals surface area contributed by atoms with Gasteiger partial charge in [0.25, 0.3) is 0 Å². The Morgan fingerprint density at radius 1 is 1.36 bits per heavy atom. The van der Waals surface area contributed by atoms with E-state index >= 15 is 0 Å². The van der Waals surface area contributed by atoms with Gasteiger partial charge in [-0.1, -0.05) is 13.8 Å². The van der Waals surface area contributed by atoms with E-state index in [0.29, 0.717) is 0 Å². The lowest BCUT2D eigenvalue weighted by Gasteiger charge is -2.05. The van der Waals surface area contributed by atoms with E-state index in [0.717, 1.165) is 34.1 Å². The summed E-state index contributed by atoms with van der Waals surface area (Å²) in [5.41, 5.74) is 4.12. The Bertz CT molecular complexity index is 391. The summed E-state index contributed by atoms with van der Waals surface area (Å²) in [5.74, 6) is 0. The maximum atomic E-state index is 8.98. The zero-order valence-corrected chi connectivity index (χ0v) is 10.3. The highest BCUT2D eigenvalue weighted by molar-refractivity contribution is 9.10. The average molecular weight is 254 g/mol. The Morgan fingerprint density at radius 3 is 2.43 bits per heavy atom. The third-order valence-corrected chi connectivity index (χ3v) is 3.53. The maximum Gasteiger partial charge on any atom is 0.392 e. The highest BCUT2D eigenvalue weighted by atomic mass is 79.9. The van der Waals surface area contributed by atoms with Gasteiger partial charge in [-0.3, -0.25) is 0 Å². The third-order valence-electron chi connectivity index (χ3n) is 2.43. The van der Waals surface area contributed by atoms with Crippen LogP contribution in [-0.4, -0.2) is 0 Å². The molecule has 0 bridgehead atoms. The minimum absolute atomic E-state index is 0.729. The lowest BCUT2D eigenvalue weighted by Crippen LogP contribution is -1.92. The molecule has 2 nitrogen and oxygen atoms in total. The first kappa shape index (κ1) is 11.2. The average Bonchev–Trinajstić information content (AvgIpc) is 2.20. The van der Waals surface area contributed by atoms with Crippen LogP contribution in [0.25, 0.3) is 4.98 Å². The van der Waals surface area contributed by atoms with Crippen molar-refractivity contribution in [2.75, 3.05) is 0 Å². The largest absolute Gasteiger partial charge is 0.392 e. The molecule has 1 aromatic rings. The zero-order valence-electron chi connectivity index (χ0n) is 8.76. The molecule has 0 saturated carbocycles. The molecule has 0 aliphatic rings. The maximum absolute atomic E-state index is 8.98. The summed E-state index contributed by atoms with van der Waals surface area (Å²) in [5, 5.41) is 8.98. The van der Waals surface area contributed by atoms with Crippen molar-refractivity contribution in [2.45, 2.75) is 33.6 Å². The summed E-state index contributed by atoms with van der Waals surface area (Å²) < 4.78 is 1.06. The summed E-state index contributed by atoms with van der Waals surface area (Å²) in [6, 6.07) is 2.07. The molecule has 0 aliphatic carbocycles. The number of nitrogens with zero attached hydrogens (tertiary/aromatic N) is 2. The van der Waals surface area contributed by atoms with Gasteiger partial charge in [-0.15, -0.1) is 0 Å². The second kappa shape index (κ2) is 4.56.